The first-order valence-electron chi connectivity index (χ1n) is 5.32. The zero-order valence-electron chi connectivity index (χ0n) is 9.18. The zero-order chi connectivity index (χ0) is 10.1. The van der Waals surface area contributed by atoms with Crippen LogP contribution in [0.4, 0.5) is 0 Å². The minimum absolute atomic E-state index is 0. The van der Waals surface area contributed by atoms with Crippen molar-refractivity contribution >= 4 is 6.08 Å². The van der Waals surface area contributed by atoms with Gasteiger partial charge in [-0.2, -0.15) is 0 Å². The van der Waals surface area contributed by atoms with Gasteiger partial charge in [-0.25, -0.2) is 0 Å². The van der Waals surface area contributed by atoms with E-state index < -0.39 is 22.9 Å². The van der Waals surface area contributed by atoms with Crippen molar-refractivity contribution in [2.24, 2.45) is 0 Å². The van der Waals surface area contributed by atoms with E-state index in [4.69, 9.17) is 0 Å². The summed E-state index contributed by atoms with van der Waals surface area (Å²) in [4.78, 5) is 0. The van der Waals surface area contributed by atoms with E-state index in [2.05, 4.69) is 60.7 Å². The van der Waals surface area contributed by atoms with E-state index in [0.29, 0.717) is 0 Å². The third-order valence-electron chi connectivity index (χ3n) is 2.92. The smallest absolute Gasteiger partial charge is 1.00 e. The molecule has 0 N–H and O–H groups in total. The van der Waals surface area contributed by atoms with Gasteiger partial charge in [0, 0.05) is 0 Å². The van der Waals surface area contributed by atoms with Gasteiger partial charge in [-0.15, -0.1) is 0 Å². The standard InChI is InChI=1S/C9H7.C5H5.2ClH.Hf/c1-2-5-9-7-3-6-8(9)4-1;1-2-4-5-3-1;;;/h1-7H;1-5H;2*1H;/q;;;;+2/p-2. The number of rotatable bonds is 2. The van der Waals surface area contributed by atoms with Crippen molar-refractivity contribution in [2.45, 2.75) is 7.35 Å². The van der Waals surface area contributed by atoms with Gasteiger partial charge >= 0.3 is 102 Å². The maximum absolute atomic E-state index is 2.42. The first-order valence-corrected chi connectivity index (χ1v) is 9.46. The number of fused-ring (bicyclic) bond motifs is 1. The van der Waals surface area contributed by atoms with Gasteiger partial charge in [0.05, 0.1) is 0 Å². The van der Waals surface area contributed by atoms with Crippen LogP contribution in [0.3, 0.4) is 0 Å². The fraction of sp³-hybridized carbons (Fsp3) is 0.143. The van der Waals surface area contributed by atoms with Crippen LogP contribution in [-0.2, 0) is 22.9 Å². The van der Waals surface area contributed by atoms with Crippen molar-refractivity contribution in [1.82, 2.24) is 0 Å². The Morgan fingerprint density at radius 3 is 2.35 bits per heavy atom. The fourth-order valence-electron chi connectivity index (χ4n) is 2.15. The van der Waals surface area contributed by atoms with Gasteiger partial charge in [-0.1, -0.05) is 0 Å². The molecule has 3 heteroatoms. The third-order valence-corrected chi connectivity index (χ3v) is 8.78. The zero-order valence-corrected chi connectivity index (χ0v) is 14.3. The van der Waals surface area contributed by atoms with Crippen LogP contribution in [0.5, 0.6) is 0 Å². The summed E-state index contributed by atoms with van der Waals surface area (Å²) >= 11 is -0.630. The maximum Gasteiger partial charge on any atom is -1.00 e. The van der Waals surface area contributed by atoms with Crippen molar-refractivity contribution in [3.8, 4) is 0 Å². The van der Waals surface area contributed by atoms with E-state index in [9.17, 15) is 0 Å². The Balaban J connectivity index is 0.000000722. The SMILES string of the molecule is C1=C[CH]([Hf+2][CH]2C=Cc3ccccc32)C=C1.[Cl-].[Cl-]. The van der Waals surface area contributed by atoms with E-state index in [-0.39, 0.29) is 24.8 Å². The Morgan fingerprint density at radius 1 is 0.882 bits per heavy atom. The van der Waals surface area contributed by atoms with Crippen LogP contribution in [0.15, 0.2) is 54.6 Å². The van der Waals surface area contributed by atoms with Gasteiger partial charge in [0.1, 0.15) is 0 Å². The van der Waals surface area contributed by atoms with Crippen LogP contribution in [0.1, 0.15) is 14.8 Å². The molecule has 1 aromatic carbocycles. The second-order valence-electron chi connectivity index (χ2n) is 3.93. The fourth-order valence-corrected chi connectivity index (χ4v) is 7.57. The van der Waals surface area contributed by atoms with Crippen molar-refractivity contribution in [1.29, 1.82) is 0 Å². The average molecular weight is 430 g/mol. The summed E-state index contributed by atoms with van der Waals surface area (Å²) in [5.74, 6) is 0. The Labute approximate surface area is 126 Å². The molecule has 0 fully saturated rings. The molecule has 1 unspecified atom stereocenters. The summed E-state index contributed by atoms with van der Waals surface area (Å²) in [6.07, 6.45) is 13.9. The van der Waals surface area contributed by atoms with Crippen LogP contribution in [0, 0.1) is 0 Å². The molecule has 0 spiro atoms. The monoisotopic (exact) mass is 430 g/mol. The number of hydrogen-bond acceptors (Lipinski definition) is 0. The number of halogens is 2. The van der Waals surface area contributed by atoms with Crippen molar-refractivity contribution < 1.29 is 47.7 Å². The molecule has 1 aromatic rings. The minimum Gasteiger partial charge on any atom is -1.00 e. The summed E-state index contributed by atoms with van der Waals surface area (Å²) in [5, 5.41) is 0. The quantitative estimate of drug-likeness (QED) is 0.467. The first-order chi connectivity index (χ1) is 7.43. The van der Waals surface area contributed by atoms with Crippen LogP contribution >= 0.6 is 0 Å². The van der Waals surface area contributed by atoms with Gasteiger partial charge in [0.2, 0.25) is 0 Å². The number of benzene rings is 1. The van der Waals surface area contributed by atoms with Crippen LogP contribution in [0.2, 0.25) is 3.67 Å². The van der Waals surface area contributed by atoms with E-state index in [1.807, 2.05) is 0 Å². The molecule has 0 bridgehead atoms. The first kappa shape index (κ1) is 14.9. The Kier molecular flexibility index (Phi) is 5.91. The molecule has 86 valence electrons. The van der Waals surface area contributed by atoms with Crippen LogP contribution in [0.25, 0.3) is 6.08 Å². The Bertz CT molecular complexity index is 451. The molecule has 0 amide bonds. The molecule has 2 aliphatic rings. The molecule has 0 saturated carbocycles. The largest absolute Gasteiger partial charge is 1.00 e. The van der Waals surface area contributed by atoms with Crippen molar-refractivity contribution in [3.05, 3.63) is 65.8 Å². The molecule has 0 nitrogen and oxygen atoms in total. The summed E-state index contributed by atoms with van der Waals surface area (Å²) in [5.41, 5.74) is 3.02. The summed E-state index contributed by atoms with van der Waals surface area (Å²) < 4.78 is 1.63. The molecule has 1 atom stereocenters. The molecule has 17 heavy (non-hydrogen) atoms. The predicted octanol–water partition coefficient (Wildman–Crippen LogP) is -2.24. The summed E-state index contributed by atoms with van der Waals surface area (Å²) in [7, 11) is 0. The molecule has 0 aromatic heterocycles. The maximum atomic E-state index is 2.42. The third kappa shape index (κ3) is 3.21. The topological polar surface area (TPSA) is 0 Å². The Morgan fingerprint density at radius 2 is 1.59 bits per heavy atom. The van der Waals surface area contributed by atoms with Crippen LogP contribution < -0.4 is 24.8 Å². The predicted molar refractivity (Wildman–Crippen MR) is 60.2 cm³/mol. The molecule has 0 radical (unpaired) electrons. The molecule has 0 saturated heterocycles. The van der Waals surface area contributed by atoms with Gasteiger partial charge < -0.3 is 24.8 Å². The summed E-state index contributed by atoms with van der Waals surface area (Å²) in [6.45, 7) is 0. The number of hydrogen-bond donors (Lipinski definition) is 0. The average Bonchev–Trinajstić information content (AvgIpc) is 2.89. The van der Waals surface area contributed by atoms with Crippen molar-refractivity contribution in [3.63, 3.8) is 0 Å². The van der Waals surface area contributed by atoms with E-state index >= 15 is 0 Å². The van der Waals surface area contributed by atoms with Gasteiger partial charge in [-0.3, -0.25) is 0 Å². The van der Waals surface area contributed by atoms with E-state index in [1.165, 1.54) is 5.56 Å². The van der Waals surface area contributed by atoms with Crippen molar-refractivity contribution in [2.75, 3.05) is 0 Å². The minimum atomic E-state index is -0.630. The molecule has 0 aliphatic heterocycles. The van der Waals surface area contributed by atoms with Gasteiger partial charge in [-0.05, 0) is 0 Å². The van der Waals surface area contributed by atoms with Gasteiger partial charge in [0.15, 0.2) is 0 Å². The Hall–Kier alpha value is -0.110. The second-order valence-corrected chi connectivity index (χ2v) is 9.76. The van der Waals surface area contributed by atoms with E-state index in [0.717, 1.165) is 7.35 Å². The molecule has 3 rings (SSSR count). The normalized spacial score (nSPS) is 19.4. The van der Waals surface area contributed by atoms with Gasteiger partial charge in [0.25, 0.3) is 0 Å². The molecule has 0 heterocycles. The molecular weight excluding hydrogens is 418 g/mol. The molecular formula is C14H12Cl2Hf. The second kappa shape index (κ2) is 6.72. The van der Waals surface area contributed by atoms with E-state index in [1.54, 1.807) is 5.56 Å². The summed E-state index contributed by atoms with van der Waals surface area (Å²) in [6, 6.07) is 8.84. The molecule has 2 aliphatic carbocycles. The number of allylic oxidation sites excluding steroid dienone is 5. The van der Waals surface area contributed by atoms with Crippen LogP contribution in [-0.4, -0.2) is 0 Å².